The second kappa shape index (κ2) is 9.03. The fourth-order valence-electron chi connectivity index (χ4n) is 2.23. The van der Waals surface area contributed by atoms with E-state index in [0.29, 0.717) is 0 Å². The fraction of sp³-hybridized carbons (Fsp3) is 0.467. The Balaban J connectivity index is 0.00000220. The number of rotatable bonds is 7. The van der Waals surface area contributed by atoms with Gasteiger partial charge in [0.15, 0.2) is 0 Å². The van der Waals surface area contributed by atoms with E-state index in [9.17, 15) is 0 Å². The fourth-order valence-corrected chi connectivity index (χ4v) is 2.41. The number of anilines is 1. The first-order valence-corrected chi connectivity index (χ1v) is 7.51. The molecule has 0 aliphatic carbocycles. The highest BCUT2D eigenvalue weighted by molar-refractivity contribution is 6.28. The second-order valence-electron chi connectivity index (χ2n) is 4.67. The molecule has 0 unspecified atom stereocenters. The van der Waals surface area contributed by atoms with Crippen molar-refractivity contribution in [3.63, 3.8) is 0 Å². The van der Waals surface area contributed by atoms with Crippen LogP contribution in [0, 0.1) is 0 Å². The molecule has 0 spiro atoms. The van der Waals surface area contributed by atoms with Crippen molar-refractivity contribution in [3.8, 4) is 0 Å². The summed E-state index contributed by atoms with van der Waals surface area (Å²) >= 11 is 5.96. The number of benzene rings is 1. The molecule has 4 nitrogen and oxygen atoms in total. The highest BCUT2D eigenvalue weighted by Crippen LogP contribution is 2.21. The Morgan fingerprint density at radius 3 is 2.57 bits per heavy atom. The van der Waals surface area contributed by atoms with E-state index in [2.05, 4.69) is 34.0 Å². The Bertz CT molecular complexity index is 558. The van der Waals surface area contributed by atoms with Gasteiger partial charge in [0, 0.05) is 11.9 Å². The Labute approximate surface area is 137 Å². The summed E-state index contributed by atoms with van der Waals surface area (Å²) in [5, 5.41) is 4.67. The van der Waals surface area contributed by atoms with Crippen molar-refractivity contribution in [2.75, 3.05) is 31.5 Å². The Morgan fingerprint density at radius 1 is 1.14 bits per heavy atom. The van der Waals surface area contributed by atoms with Crippen LogP contribution in [0.1, 0.15) is 20.3 Å². The zero-order valence-electron chi connectivity index (χ0n) is 12.5. The summed E-state index contributed by atoms with van der Waals surface area (Å²) in [6, 6.07) is 7.90. The van der Waals surface area contributed by atoms with Gasteiger partial charge in [0.25, 0.3) is 0 Å². The summed E-state index contributed by atoms with van der Waals surface area (Å²) in [6.45, 7) is 8.55. The van der Waals surface area contributed by atoms with Crippen molar-refractivity contribution in [3.05, 3.63) is 29.5 Å². The minimum absolute atomic E-state index is 0. The van der Waals surface area contributed by atoms with Crippen LogP contribution < -0.4 is 5.32 Å². The normalized spacial score (nSPS) is 10.7. The number of aromatic nitrogens is 2. The van der Waals surface area contributed by atoms with Gasteiger partial charge in [-0.2, -0.15) is 0 Å². The lowest BCUT2D eigenvalue weighted by Gasteiger charge is -2.18. The molecular weight excluding hydrogens is 307 g/mol. The van der Waals surface area contributed by atoms with Crippen molar-refractivity contribution in [2.45, 2.75) is 20.3 Å². The van der Waals surface area contributed by atoms with E-state index in [1.807, 2.05) is 24.3 Å². The monoisotopic (exact) mass is 328 g/mol. The lowest BCUT2D eigenvalue weighted by Crippen LogP contribution is -2.25. The minimum Gasteiger partial charge on any atom is -0.369 e. The lowest BCUT2D eigenvalue weighted by atomic mass is 10.2. The summed E-state index contributed by atoms with van der Waals surface area (Å²) < 4.78 is 0. The molecule has 0 radical (unpaired) electrons. The highest BCUT2D eigenvalue weighted by atomic mass is 35.5. The molecule has 2 rings (SSSR count). The van der Waals surface area contributed by atoms with Gasteiger partial charge in [-0.05, 0) is 49.8 Å². The largest absolute Gasteiger partial charge is 0.369 e. The molecule has 0 aliphatic heterocycles. The van der Waals surface area contributed by atoms with Crippen LogP contribution in [-0.4, -0.2) is 41.0 Å². The molecule has 0 saturated carbocycles. The molecule has 0 fully saturated rings. The predicted molar refractivity (Wildman–Crippen MR) is 92.7 cm³/mol. The van der Waals surface area contributed by atoms with Crippen molar-refractivity contribution in [1.29, 1.82) is 0 Å². The number of nitrogens with one attached hydrogen (secondary N) is 1. The van der Waals surface area contributed by atoms with Crippen molar-refractivity contribution in [2.24, 2.45) is 0 Å². The van der Waals surface area contributed by atoms with Crippen LogP contribution in [0.2, 0.25) is 5.28 Å². The van der Waals surface area contributed by atoms with E-state index in [0.717, 1.165) is 49.3 Å². The molecule has 6 heteroatoms. The molecule has 21 heavy (non-hydrogen) atoms. The van der Waals surface area contributed by atoms with Gasteiger partial charge in [0.1, 0.15) is 5.82 Å². The van der Waals surface area contributed by atoms with Gasteiger partial charge in [-0.25, -0.2) is 9.97 Å². The maximum Gasteiger partial charge on any atom is 0.224 e. The molecule has 0 aliphatic rings. The van der Waals surface area contributed by atoms with Crippen LogP contribution >= 0.6 is 24.0 Å². The first-order valence-electron chi connectivity index (χ1n) is 7.13. The van der Waals surface area contributed by atoms with E-state index in [-0.39, 0.29) is 17.7 Å². The molecular formula is C15H22Cl2N4. The number of hydrogen-bond acceptors (Lipinski definition) is 4. The van der Waals surface area contributed by atoms with Gasteiger partial charge < -0.3 is 10.2 Å². The third-order valence-corrected chi connectivity index (χ3v) is 3.58. The van der Waals surface area contributed by atoms with Gasteiger partial charge in [-0.1, -0.05) is 26.0 Å². The molecule has 1 aromatic heterocycles. The molecule has 1 heterocycles. The Morgan fingerprint density at radius 2 is 1.86 bits per heavy atom. The van der Waals surface area contributed by atoms with Gasteiger partial charge in [-0.15, -0.1) is 12.4 Å². The zero-order chi connectivity index (χ0) is 14.4. The number of hydrogen-bond donors (Lipinski definition) is 1. The zero-order valence-corrected chi connectivity index (χ0v) is 14.0. The second-order valence-corrected chi connectivity index (χ2v) is 5.00. The SMILES string of the molecule is CCN(CC)CCCNc1nc(Cl)nc2ccccc12.Cl. The molecule has 0 amide bonds. The van der Waals surface area contributed by atoms with Crippen molar-refractivity contribution < 1.29 is 0 Å². The summed E-state index contributed by atoms with van der Waals surface area (Å²) in [5.41, 5.74) is 0.874. The molecule has 0 saturated heterocycles. The van der Waals surface area contributed by atoms with Crippen LogP contribution in [0.15, 0.2) is 24.3 Å². The van der Waals surface area contributed by atoms with Gasteiger partial charge in [0.05, 0.1) is 5.52 Å². The van der Waals surface area contributed by atoms with E-state index in [4.69, 9.17) is 11.6 Å². The topological polar surface area (TPSA) is 41.0 Å². The molecule has 2 aromatic rings. The van der Waals surface area contributed by atoms with E-state index < -0.39 is 0 Å². The minimum atomic E-state index is 0. The molecule has 0 bridgehead atoms. The third kappa shape index (κ3) is 4.99. The average Bonchev–Trinajstić information content (AvgIpc) is 2.47. The number of halogens is 2. The Kier molecular flexibility index (Phi) is 7.72. The lowest BCUT2D eigenvalue weighted by molar-refractivity contribution is 0.303. The number of fused-ring (bicyclic) bond motifs is 1. The first-order chi connectivity index (χ1) is 9.74. The summed E-state index contributed by atoms with van der Waals surface area (Å²) in [6.07, 6.45) is 1.08. The summed E-state index contributed by atoms with van der Waals surface area (Å²) in [5.74, 6) is 0.820. The third-order valence-electron chi connectivity index (χ3n) is 3.41. The van der Waals surface area contributed by atoms with E-state index in [1.54, 1.807) is 0 Å². The Hall–Kier alpha value is -1.10. The van der Waals surface area contributed by atoms with Crippen LogP contribution in [0.5, 0.6) is 0 Å². The smallest absolute Gasteiger partial charge is 0.224 e. The average molecular weight is 329 g/mol. The standard InChI is InChI=1S/C15H21ClN4.ClH/c1-3-20(4-2)11-7-10-17-14-12-8-5-6-9-13(12)18-15(16)19-14;/h5-6,8-9H,3-4,7,10-11H2,1-2H3,(H,17,18,19);1H. The summed E-state index contributed by atoms with van der Waals surface area (Å²) in [7, 11) is 0. The van der Waals surface area contributed by atoms with Crippen molar-refractivity contribution in [1.82, 2.24) is 14.9 Å². The van der Waals surface area contributed by atoms with Gasteiger partial charge in [-0.3, -0.25) is 0 Å². The summed E-state index contributed by atoms with van der Waals surface area (Å²) in [4.78, 5) is 10.9. The number of para-hydroxylation sites is 1. The molecule has 116 valence electrons. The number of nitrogens with zero attached hydrogens (tertiary/aromatic N) is 3. The van der Waals surface area contributed by atoms with Crippen LogP contribution in [0.4, 0.5) is 5.82 Å². The van der Waals surface area contributed by atoms with Crippen molar-refractivity contribution >= 4 is 40.7 Å². The van der Waals surface area contributed by atoms with Crippen LogP contribution in [0.3, 0.4) is 0 Å². The van der Waals surface area contributed by atoms with Gasteiger partial charge >= 0.3 is 0 Å². The van der Waals surface area contributed by atoms with Crippen LogP contribution in [-0.2, 0) is 0 Å². The van der Waals surface area contributed by atoms with Gasteiger partial charge in [0.2, 0.25) is 5.28 Å². The van der Waals surface area contributed by atoms with Crippen LogP contribution in [0.25, 0.3) is 10.9 Å². The highest BCUT2D eigenvalue weighted by Gasteiger charge is 2.05. The van der Waals surface area contributed by atoms with E-state index >= 15 is 0 Å². The predicted octanol–water partition coefficient (Wildman–Crippen LogP) is 3.85. The molecule has 1 aromatic carbocycles. The first kappa shape index (κ1) is 18.0. The van der Waals surface area contributed by atoms with E-state index in [1.165, 1.54) is 0 Å². The molecule has 0 atom stereocenters. The maximum atomic E-state index is 5.96. The quantitative estimate of drug-likeness (QED) is 0.619. The molecule has 1 N–H and O–H groups in total. The maximum absolute atomic E-state index is 5.96.